The van der Waals surface area contributed by atoms with Gasteiger partial charge in [-0.15, -0.1) is 0 Å². The maximum Gasteiger partial charge on any atom is 0.303 e. The molecule has 5 heteroatoms. The van der Waals surface area contributed by atoms with E-state index < -0.39 is 5.97 Å². The summed E-state index contributed by atoms with van der Waals surface area (Å²) in [4.78, 5) is 21.9. The van der Waals surface area contributed by atoms with E-state index in [1.807, 2.05) is 38.1 Å². The highest BCUT2D eigenvalue weighted by Crippen LogP contribution is 2.17. The topological polar surface area (TPSA) is 75.6 Å². The first-order chi connectivity index (χ1) is 9.02. The van der Waals surface area contributed by atoms with Crippen LogP contribution in [0.15, 0.2) is 24.3 Å². The number of hydrogen-bond acceptors (Lipinski definition) is 3. The molecular weight excluding hydrogens is 246 g/mol. The Hall–Kier alpha value is -2.04. The lowest BCUT2D eigenvalue weighted by Gasteiger charge is -2.14. The quantitative estimate of drug-likeness (QED) is 0.792. The van der Waals surface area contributed by atoms with Gasteiger partial charge in [0.1, 0.15) is 5.75 Å². The van der Waals surface area contributed by atoms with Gasteiger partial charge in [-0.1, -0.05) is 12.1 Å². The van der Waals surface area contributed by atoms with E-state index in [0.717, 1.165) is 11.3 Å². The number of nitrogens with one attached hydrogen (secondary N) is 1. The van der Waals surface area contributed by atoms with Crippen LogP contribution >= 0.6 is 0 Å². The Morgan fingerprint density at radius 2 is 1.89 bits per heavy atom. The lowest BCUT2D eigenvalue weighted by molar-refractivity contribution is -0.138. The summed E-state index contributed by atoms with van der Waals surface area (Å²) < 4.78 is 5.33. The van der Waals surface area contributed by atoms with Crippen molar-refractivity contribution in [3.63, 3.8) is 0 Å². The van der Waals surface area contributed by atoms with Crippen molar-refractivity contribution >= 4 is 11.9 Å². The number of carbonyl (C=O) groups excluding carboxylic acids is 1. The van der Waals surface area contributed by atoms with E-state index in [9.17, 15) is 9.59 Å². The zero-order valence-electron chi connectivity index (χ0n) is 11.2. The lowest BCUT2D eigenvalue weighted by atomic mass is 10.1. The van der Waals surface area contributed by atoms with Crippen LogP contribution in [0.25, 0.3) is 0 Å². The van der Waals surface area contributed by atoms with Crippen LogP contribution in [0.2, 0.25) is 0 Å². The molecule has 1 atom stereocenters. The summed E-state index contributed by atoms with van der Waals surface area (Å²) >= 11 is 0. The Labute approximate surface area is 112 Å². The molecule has 5 nitrogen and oxygen atoms in total. The van der Waals surface area contributed by atoms with Crippen molar-refractivity contribution in [2.45, 2.75) is 32.7 Å². The molecule has 19 heavy (non-hydrogen) atoms. The minimum Gasteiger partial charge on any atom is -0.494 e. The third kappa shape index (κ3) is 5.42. The summed E-state index contributed by atoms with van der Waals surface area (Å²) in [5.41, 5.74) is 0.951. The molecule has 0 radical (unpaired) electrons. The summed E-state index contributed by atoms with van der Waals surface area (Å²) in [6.45, 7) is 4.38. The minimum absolute atomic E-state index is 0.00327. The van der Waals surface area contributed by atoms with Gasteiger partial charge in [-0.3, -0.25) is 9.59 Å². The SMILES string of the molecule is CCOc1ccc([C@H](C)NC(=O)CCC(=O)O)cc1. The summed E-state index contributed by atoms with van der Waals surface area (Å²) in [5.74, 6) is -0.441. The standard InChI is InChI=1S/C14H19NO4/c1-3-19-12-6-4-11(5-7-12)10(2)15-13(16)8-9-14(17)18/h4-7,10H,3,8-9H2,1-2H3,(H,15,16)(H,17,18)/t10-/m0/s1. The fraction of sp³-hybridized carbons (Fsp3) is 0.429. The first-order valence-corrected chi connectivity index (χ1v) is 6.26. The van der Waals surface area contributed by atoms with Gasteiger partial charge in [0.05, 0.1) is 19.1 Å². The molecule has 1 aromatic rings. The van der Waals surface area contributed by atoms with Crippen LogP contribution < -0.4 is 10.1 Å². The van der Waals surface area contributed by atoms with Crippen LogP contribution in [0.4, 0.5) is 0 Å². The van der Waals surface area contributed by atoms with Crippen LogP contribution in [0.5, 0.6) is 5.75 Å². The molecule has 0 aliphatic heterocycles. The van der Waals surface area contributed by atoms with Crippen LogP contribution in [0.3, 0.4) is 0 Å². The van der Waals surface area contributed by atoms with Crippen LogP contribution in [-0.4, -0.2) is 23.6 Å². The second-order valence-electron chi connectivity index (χ2n) is 4.18. The predicted octanol–water partition coefficient (Wildman–Crippen LogP) is 2.13. The van der Waals surface area contributed by atoms with Crippen molar-refractivity contribution in [1.82, 2.24) is 5.32 Å². The smallest absolute Gasteiger partial charge is 0.303 e. The summed E-state index contributed by atoms with van der Waals surface area (Å²) in [6, 6.07) is 7.30. The molecule has 0 unspecified atom stereocenters. The minimum atomic E-state index is -0.969. The molecule has 0 bridgehead atoms. The average molecular weight is 265 g/mol. The molecule has 1 rings (SSSR count). The van der Waals surface area contributed by atoms with E-state index >= 15 is 0 Å². The Kier molecular flexibility index (Phi) is 5.85. The van der Waals surface area contributed by atoms with E-state index in [2.05, 4.69) is 5.32 Å². The Balaban J connectivity index is 2.50. The molecule has 2 N–H and O–H groups in total. The molecule has 0 aliphatic carbocycles. The van der Waals surface area contributed by atoms with Crippen molar-refractivity contribution in [3.05, 3.63) is 29.8 Å². The summed E-state index contributed by atoms with van der Waals surface area (Å²) in [7, 11) is 0. The summed E-state index contributed by atoms with van der Waals surface area (Å²) in [5, 5.41) is 11.3. The van der Waals surface area contributed by atoms with Crippen molar-refractivity contribution < 1.29 is 19.4 Å². The molecule has 0 heterocycles. The number of aliphatic carboxylic acids is 1. The largest absolute Gasteiger partial charge is 0.494 e. The molecule has 0 aromatic heterocycles. The maximum absolute atomic E-state index is 11.5. The van der Waals surface area contributed by atoms with Gasteiger partial charge in [0, 0.05) is 6.42 Å². The summed E-state index contributed by atoms with van der Waals surface area (Å²) in [6.07, 6.45) is -0.154. The van der Waals surface area contributed by atoms with E-state index in [0.29, 0.717) is 6.61 Å². The zero-order chi connectivity index (χ0) is 14.3. The van der Waals surface area contributed by atoms with Gasteiger partial charge in [0.25, 0.3) is 0 Å². The number of carbonyl (C=O) groups is 2. The Morgan fingerprint density at radius 3 is 2.42 bits per heavy atom. The van der Waals surface area contributed by atoms with E-state index in [4.69, 9.17) is 9.84 Å². The molecule has 0 saturated carbocycles. The van der Waals surface area contributed by atoms with Gasteiger partial charge >= 0.3 is 5.97 Å². The first kappa shape index (κ1) is 15.0. The normalized spacial score (nSPS) is 11.7. The van der Waals surface area contributed by atoms with E-state index in [-0.39, 0.29) is 24.8 Å². The van der Waals surface area contributed by atoms with Crippen molar-refractivity contribution in [1.29, 1.82) is 0 Å². The zero-order valence-corrected chi connectivity index (χ0v) is 11.2. The van der Waals surface area contributed by atoms with Crippen LogP contribution in [-0.2, 0) is 9.59 Å². The third-order valence-electron chi connectivity index (χ3n) is 2.63. The number of benzene rings is 1. The van der Waals surface area contributed by atoms with Crippen molar-refractivity contribution in [2.24, 2.45) is 0 Å². The Bertz CT molecular complexity index is 428. The third-order valence-corrected chi connectivity index (χ3v) is 2.63. The average Bonchev–Trinajstić information content (AvgIpc) is 2.37. The first-order valence-electron chi connectivity index (χ1n) is 6.26. The van der Waals surface area contributed by atoms with Gasteiger partial charge in [0.2, 0.25) is 5.91 Å². The predicted molar refractivity (Wildman–Crippen MR) is 71.0 cm³/mol. The van der Waals surface area contributed by atoms with Crippen LogP contribution in [0.1, 0.15) is 38.3 Å². The van der Waals surface area contributed by atoms with Crippen molar-refractivity contribution in [2.75, 3.05) is 6.61 Å². The number of ether oxygens (including phenoxy) is 1. The van der Waals surface area contributed by atoms with E-state index in [1.165, 1.54) is 0 Å². The van der Waals surface area contributed by atoms with Gasteiger partial charge in [-0.2, -0.15) is 0 Å². The van der Waals surface area contributed by atoms with Gasteiger partial charge in [-0.25, -0.2) is 0 Å². The lowest BCUT2D eigenvalue weighted by Crippen LogP contribution is -2.26. The molecule has 104 valence electrons. The maximum atomic E-state index is 11.5. The number of rotatable bonds is 7. The molecule has 0 saturated heterocycles. The molecule has 0 spiro atoms. The highest BCUT2D eigenvalue weighted by molar-refractivity contribution is 5.80. The molecule has 0 aliphatic rings. The highest BCUT2D eigenvalue weighted by Gasteiger charge is 2.10. The van der Waals surface area contributed by atoms with Gasteiger partial charge in [0.15, 0.2) is 0 Å². The molecule has 1 aromatic carbocycles. The fourth-order valence-corrected chi connectivity index (χ4v) is 1.64. The second kappa shape index (κ2) is 7.41. The van der Waals surface area contributed by atoms with Gasteiger partial charge in [-0.05, 0) is 31.5 Å². The molecule has 1 amide bonds. The molecular formula is C14H19NO4. The Morgan fingerprint density at radius 1 is 1.26 bits per heavy atom. The number of hydrogen-bond donors (Lipinski definition) is 2. The monoisotopic (exact) mass is 265 g/mol. The molecule has 0 fully saturated rings. The fourth-order valence-electron chi connectivity index (χ4n) is 1.64. The highest BCUT2D eigenvalue weighted by atomic mass is 16.5. The van der Waals surface area contributed by atoms with Gasteiger partial charge < -0.3 is 15.2 Å². The number of amides is 1. The number of carboxylic acid groups (broad SMARTS) is 1. The van der Waals surface area contributed by atoms with Crippen molar-refractivity contribution in [3.8, 4) is 5.75 Å². The second-order valence-corrected chi connectivity index (χ2v) is 4.18. The number of carboxylic acids is 1. The van der Waals surface area contributed by atoms with Crippen LogP contribution in [0, 0.1) is 0 Å². The van der Waals surface area contributed by atoms with E-state index in [1.54, 1.807) is 0 Å².